The molecule has 0 aliphatic carbocycles. The van der Waals surface area contributed by atoms with E-state index in [1.807, 2.05) is 30.6 Å². The summed E-state index contributed by atoms with van der Waals surface area (Å²) in [5, 5.41) is 0. The van der Waals surface area contributed by atoms with Gasteiger partial charge >= 0.3 is 0 Å². The highest BCUT2D eigenvalue weighted by Crippen LogP contribution is 2.10. The van der Waals surface area contributed by atoms with E-state index in [0.29, 0.717) is 6.42 Å². The molecule has 0 saturated heterocycles. The van der Waals surface area contributed by atoms with Gasteiger partial charge in [-0.1, -0.05) is 70.8 Å². The molecule has 0 aromatic carbocycles. The maximum atomic E-state index is 10.5. The molecule has 3 heteroatoms. The van der Waals surface area contributed by atoms with E-state index in [-0.39, 0.29) is 5.91 Å². The third kappa shape index (κ3) is 18.6. The maximum absolute atomic E-state index is 10.5. The van der Waals surface area contributed by atoms with Gasteiger partial charge < -0.3 is 5.73 Å². The number of primary amides is 1. The van der Waals surface area contributed by atoms with E-state index < -0.39 is 0 Å². The van der Waals surface area contributed by atoms with E-state index >= 15 is 0 Å². The molecule has 21 heavy (non-hydrogen) atoms. The van der Waals surface area contributed by atoms with E-state index in [4.69, 9.17) is 5.73 Å². The largest absolute Gasteiger partial charge is 0.370 e. The zero-order valence-corrected chi connectivity index (χ0v) is 13.7. The Bertz CT molecular complexity index is 288. The minimum atomic E-state index is -0.158. The van der Waals surface area contributed by atoms with Gasteiger partial charge in [-0.3, -0.25) is 4.79 Å². The van der Waals surface area contributed by atoms with Gasteiger partial charge in [0.05, 0.1) is 0 Å². The molecule has 0 bridgehead atoms. The smallest absolute Gasteiger partial charge is 0.217 e. The van der Waals surface area contributed by atoms with Gasteiger partial charge in [0.15, 0.2) is 12.4 Å². The first-order valence-corrected chi connectivity index (χ1v) is 8.46. The second-order valence-corrected chi connectivity index (χ2v) is 5.48. The molecule has 120 valence electrons. The number of hydrogen-bond donors (Lipinski definition) is 1. The summed E-state index contributed by atoms with van der Waals surface area (Å²) in [5.41, 5.74) is 5.06. The number of nitrogens with one attached hydrogen (secondary N) is 1. The van der Waals surface area contributed by atoms with Gasteiger partial charge in [-0.15, -0.1) is 0 Å². The Morgan fingerprint density at radius 1 is 0.810 bits per heavy atom. The molecule has 1 heterocycles. The Morgan fingerprint density at radius 3 is 1.62 bits per heavy atom. The topological polar surface area (TPSA) is 57.2 Å². The molecule has 0 atom stereocenters. The van der Waals surface area contributed by atoms with Gasteiger partial charge in [-0.05, 0) is 6.42 Å². The fourth-order valence-corrected chi connectivity index (χ4v) is 2.13. The average molecular weight is 293 g/mol. The maximum Gasteiger partial charge on any atom is 0.217 e. The summed E-state index contributed by atoms with van der Waals surface area (Å²) in [6.07, 6.45) is 17.3. The minimum Gasteiger partial charge on any atom is -0.370 e. The molecule has 0 spiro atoms. The van der Waals surface area contributed by atoms with Crippen molar-refractivity contribution in [2.75, 3.05) is 0 Å². The molecule has 3 N–H and O–H groups in total. The van der Waals surface area contributed by atoms with Crippen LogP contribution in [0.3, 0.4) is 0 Å². The first kappa shape index (κ1) is 19.6. The number of aromatic nitrogens is 1. The van der Waals surface area contributed by atoms with E-state index in [1.165, 1.54) is 51.4 Å². The monoisotopic (exact) mass is 293 g/mol. The molecule has 0 aliphatic heterocycles. The highest BCUT2D eigenvalue weighted by molar-refractivity contribution is 5.73. The lowest BCUT2D eigenvalue weighted by Gasteiger charge is -2.01. The number of H-pyrrole nitrogens is 1. The molecule has 3 nitrogen and oxygen atoms in total. The van der Waals surface area contributed by atoms with Crippen molar-refractivity contribution in [2.24, 2.45) is 5.73 Å². The van der Waals surface area contributed by atoms with Crippen LogP contribution in [-0.2, 0) is 4.79 Å². The normalized spacial score (nSPS) is 9.76. The van der Waals surface area contributed by atoms with Crippen molar-refractivity contribution < 1.29 is 9.78 Å². The Hall–Kier alpha value is -1.38. The summed E-state index contributed by atoms with van der Waals surface area (Å²) in [6, 6.07) is 5.86. The molecule has 0 fully saturated rings. The highest BCUT2D eigenvalue weighted by Gasteiger charge is 1.95. The lowest BCUT2D eigenvalue weighted by atomic mass is 10.1. The Labute approximate surface area is 130 Å². The molecule has 1 aromatic heterocycles. The Balaban J connectivity index is 0.000000547. The van der Waals surface area contributed by atoms with Crippen LogP contribution < -0.4 is 10.7 Å². The minimum absolute atomic E-state index is 0.158. The standard InChI is InChI=1S/C13H27NO.C5H5N/c1-2-3-4-5-6-7-8-9-10-11-12-13(14)15;1-2-4-6-5-3-1/h2-12H2,1H3,(H2,14,15);1-5H/p+1. The van der Waals surface area contributed by atoms with Crippen molar-refractivity contribution in [3.63, 3.8) is 0 Å². The van der Waals surface area contributed by atoms with Crippen molar-refractivity contribution in [1.82, 2.24) is 0 Å². The van der Waals surface area contributed by atoms with Crippen LogP contribution in [0.15, 0.2) is 30.6 Å². The van der Waals surface area contributed by atoms with E-state index in [0.717, 1.165) is 12.8 Å². The SMILES string of the molecule is CCCCCCCCCCCCC(N)=O.c1cc[nH+]cc1. The van der Waals surface area contributed by atoms with Crippen LogP contribution in [0.2, 0.25) is 0 Å². The number of aromatic amines is 1. The molecular weight excluding hydrogens is 260 g/mol. The van der Waals surface area contributed by atoms with Gasteiger partial charge in [-0.25, -0.2) is 4.98 Å². The van der Waals surface area contributed by atoms with Crippen LogP contribution in [-0.4, -0.2) is 5.91 Å². The number of carbonyl (C=O) groups is 1. The molecule has 0 unspecified atom stereocenters. The highest BCUT2D eigenvalue weighted by atomic mass is 16.1. The number of rotatable bonds is 11. The number of unbranched alkanes of at least 4 members (excludes halogenated alkanes) is 9. The number of carbonyl (C=O) groups excluding carboxylic acids is 1. The fraction of sp³-hybridized carbons (Fsp3) is 0.667. The Morgan fingerprint density at radius 2 is 1.29 bits per heavy atom. The van der Waals surface area contributed by atoms with Crippen molar-refractivity contribution in [3.05, 3.63) is 30.6 Å². The zero-order chi connectivity index (χ0) is 15.6. The lowest BCUT2D eigenvalue weighted by Crippen LogP contribution is -2.09. The van der Waals surface area contributed by atoms with Gasteiger partial charge in [0.25, 0.3) is 0 Å². The van der Waals surface area contributed by atoms with Crippen LogP contribution in [0.4, 0.5) is 0 Å². The lowest BCUT2D eigenvalue weighted by molar-refractivity contribution is -0.377. The summed E-state index contributed by atoms with van der Waals surface area (Å²) < 4.78 is 0. The van der Waals surface area contributed by atoms with Crippen LogP contribution in [0, 0.1) is 0 Å². The second-order valence-electron chi connectivity index (χ2n) is 5.48. The molecule has 1 rings (SSSR count). The molecule has 0 saturated carbocycles. The molecule has 0 aliphatic rings. The van der Waals surface area contributed by atoms with Gasteiger partial charge in [-0.2, -0.15) is 0 Å². The molecule has 1 amide bonds. The molecular formula is C18H33N2O+. The van der Waals surface area contributed by atoms with E-state index in [2.05, 4.69) is 11.9 Å². The summed E-state index contributed by atoms with van der Waals surface area (Å²) in [6.45, 7) is 2.25. The summed E-state index contributed by atoms with van der Waals surface area (Å²) in [7, 11) is 0. The van der Waals surface area contributed by atoms with E-state index in [1.54, 1.807) is 0 Å². The number of nitrogens with two attached hydrogens (primary N) is 1. The van der Waals surface area contributed by atoms with Gasteiger partial charge in [0, 0.05) is 18.6 Å². The predicted molar refractivity (Wildman–Crippen MR) is 88.7 cm³/mol. The predicted octanol–water partition coefficient (Wildman–Crippen LogP) is 4.28. The summed E-state index contributed by atoms with van der Waals surface area (Å²) in [5.74, 6) is -0.158. The van der Waals surface area contributed by atoms with Crippen molar-refractivity contribution in [1.29, 1.82) is 0 Å². The summed E-state index contributed by atoms with van der Waals surface area (Å²) >= 11 is 0. The number of amides is 1. The quantitative estimate of drug-likeness (QED) is 0.608. The van der Waals surface area contributed by atoms with E-state index in [9.17, 15) is 4.79 Å². The number of hydrogen-bond acceptors (Lipinski definition) is 1. The third-order valence-electron chi connectivity index (χ3n) is 3.38. The van der Waals surface area contributed by atoms with Gasteiger partial charge in [0.1, 0.15) is 0 Å². The van der Waals surface area contributed by atoms with Crippen LogP contribution in [0.5, 0.6) is 0 Å². The van der Waals surface area contributed by atoms with Crippen molar-refractivity contribution in [2.45, 2.75) is 77.6 Å². The van der Waals surface area contributed by atoms with Gasteiger partial charge in [0.2, 0.25) is 5.91 Å². The third-order valence-corrected chi connectivity index (χ3v) is 3.38. The van der Waals surface area contributed by atoms with Crippen LogP contribution >= 0.6 is 0 Å². The first-order chi connectivity index (χ1) is 10.3. The van der Waals surface area contributed by atoms with Crippen molar-refractivity contribution >= 4 is 5.91 Å². The molecule has 0 radical (unpaired) electrons. The van der Waals surface area contributed by atoms with Crippen LogP contribution in [0.1, 0.15) is 77.6 Å². The number of pyridine rings is 1. The molecule has 1 aromatic rings. The van der Waals surface area contributed by atoms with Crippen molar-refractivity contribution in [3.8, 4) is 0 Å². The summed E-state index contributed by atoms with van der Waals surface area (Å²) in [4.78, 5) is 13.3. The Kier molecular flexibility index (Phi) is 15.6. The first-order valence-electron chi connectivity index (χ1n) is 8.46. The second kappa shape index (κ2) is 16.7. The average Bonchev–Trinajstić information content (AvgIpc) is 2.51. The van der Waals surface area contributed by atoms with Crippen LogP contribution in [0.25, 0.3) is 0 Å². The fourth-order valence-electron chi connectivity index (χ4n) is 2.13. The zero-order valence-electron chi connectivity index (χ0n) is 13.7.